The molecule has 96 valence electrons. The van der Waals surface area contributed by atoms with Crippen LogP contribution in [0, 0.1) is 0 Å². The molecule has 0 fully saturated rings. The minimum Gasteiger partial charge on any atom is -0.468 e. The first-order chi connectivity index (χ1) is 8.58. The summed E-state index contributed by atoms with van der Waals surface area (Å²) < 4.78 is 6.37. The van der Waals surface area contributed by atoms with Crippen LogP contribution in [-0.4, -0.2) is 0 Å². The van der Waals surface area contributed by atoms with Crippen LogP contribution in [0.25, 0.3) is 0 Å². The van der Waals surface area contributed by atoms with Crippen molar-refractivity contribution in [2.45, 2.75) is 25.9 Å². The van der Waals surface area contributed by atoms with Crippen molar-refractivity contribution in [3.8, 4) is 0 Å². The van der Waals surface area contributed by atoms with Gasteiger partial charge >= 0.3 is 0 Å². The molecule has 0 aliphatic rings. The van der Waals surface area contributed by atoms with Gasteiger partial charge in [-0.15, -0.1) is 0 Å². The number of benzene rings is 1. The highest BCUT2D eigenvalue weighted by atomic mass is 79.9. The molecule has 1 N–H and O–H groups in total. The lowest BCUT2D eigenvalue weighted by atomic mass is 10.1. The second kappa shape index (κ2) is 5.91. The molecule has 0 aliphatic carbocycles. The topological polar surface area (TPSA) is 25.2 Å². The lowest BCUT2D eigenvalue weighted by Crippen LogP contribution is -2.22. The quantitative estimate of drug-likeness (QED) is 0.844. The Labute approximate surface area is 120 Å². The van der Waals surface area contributed by atoms with E-state index in [2.05, 4.69) is 35.1 Å². The molecule has 0 saturated heterocycles. The molecule has 2 rings (SSSR count). The van der Waals surface area contributed by atoms with Crippen molar-refractivity contribution >= 4 is 27.5 Å². The fraction of sp³-hybridized carbons (Fsp3) is 0.286. The monoisotopic (exact) mass is 327 g/mol. The molecule has 1 unspecified atom stereocenters. The van der Waals surface area contributed by atoms with Crippen molar-refractivity contribution in [2.24, 2.45) is 0 Å². The Morgan fingerprint density at radius 2 is 2.00 bits per heavy atom. The molecule has 1 heterocycles. The first-order valence-electron chi connectivity index (χ1n) is 5.82. The van der Waals surface area contributed by atoms with Crippen LogP contribution in [0.4, 0.5) is 0 Å². The molecule has 2 atom stereocenters. The summed E-state index contributed by atoms with van der Waals surface area (Å²) in [7, 11) is 0. The van der Waals surface area contributed by atoms with Crippen LogP contribution in [-0.2, 0) is 0 Å². The second-order valence-electron chi connectivity index (χ2n) is 4.29. The van der Waals surface area contributed by atoms with E-state index in [9.17, 15) is 0 Å². The Bertz CT molecular complexity index is 513. The molecular weight excluding hydrogens is 314 g/mol. The van der Waals surface area contributed by atoms with Gasteiger partial charge in [-0.25, -0.2) is 0 Å². The number of halogens is 2. The highest BCUT2D eigenvalue weighted by molar-refractivity contribution is 9.10. The maximum Gasteiger partial charge on any atom is 0.120 e. The highest BCUT2D eigenvalue weighted by Crippen LogP contribution is 2.28. The summed E-state index contributed by atoms with van der Waals surface area (Å²) in [6.45, 7) is 4.16. The minimum absolute atomic E-state index is 0.148. The van der Waals surface area contributed by atoms with E-state index in [-0.39, 0.29) is 12.1 Å². The summed E-state index contributed by atoms with van der Waals surface area (Å²) in [4.78, 5) is 0. The van der Waals surface area contributed by atoms with Crippen molar-refractivity contribution in [3.05, 3.63) is 57.4 Å². The Morgan fingerprint density at radius 3 is 2.61 bits per heavy atom. The predicted molar refractivity (Wildman–Crippen MR) is 77.8 cm³/mol. The van der Waals surface area contributed by atoms with Gasteiger partial charge in [0.15, 0.2) is 0 Å². The van der Waals surface area contributed by atoms with Gasteiger partial charge in [0, 0.05) is 15.5 Å². The Hall–Kier alpha value is -0.770. The zero-order valence-electron chi connectivity index (χ0n) is 10.3. The van der Waals surface area contributed by atoms with Gasteiger partial charge in [0.25, 0.3) is 0 Å². The van der Waals surface area contributed by atoms with Crippen LogP contribution in [0.15, 0.2) is 45.5 Å². The zero-order valence-corrected chi connectivity index (χ0v) is 12.6. The van der Waals surface area contributed by atoms with Crippen molar-refractivity contribution < 1.29 is 4.42 Å². The molecule has 18 heavy (non-hydrogen) atoms. The van der Waals surface area contributed by atoms with E-state index in [1.807, 2.05) is 30.3 Å². The van der Waals surface area contributed by atoms with E-state index >= 15 is 0 Å². The molecule has 0 bridgehead atoms. The number of rotatable bonds is 4. The minimum atomic E-state index is 0.148. The Balaban J connectivity index is 2.10. The first-order valence-corrected chi connectivity index (χ1v) is 6.99. The number of furan rings is 1. The number of nitrogens with one attached hydrogen (secondary N) is 1. The third kappa shape index (κ3) is 3.16. The molecule has 0 saturated carbocycles. The van der Waals surface area contributed by atoms with Crippen LogP contribution in [0.3, 0.4) is 0 Å². The summed E-state index contributed by atoms with van der Waals surface area (Å²) in [5.74, 6) is 0.926. The van der Waals surface area contributed by atoms with Crippen LogP contribution in [0.1, 0.15) is 37.3 Å². The van der Waals surface area contributed by atoms with E-state index in [0.29, 0.717) is 0 Å². The summed E-state index contributed by atoms with van der Waals surface area (Å²) >= 11 is 9.65. The maximum absolute atomic E-state index is 6.24. The molecule has 0 amide bonds. The van der Waals surface area contributed by atoms with Gasteiger partial charge in [-0.3, -0.25) is 0 Å². The number of hydrogen-bond donors (Lipinski definition) is 1. The largest absolute Gasteiger partial charge is 0.468 e. The summed E-state index contributed by atoms with van der Waals surface area (Å²) in [5, 5.41) is 4.23. The lowest BCUT2D eigenvalue weighted by molar-refractivity contribution is 0.403. The highest BCUT2D eigenvalue weighted by Gasteiger charge is 2.15. The second-order valence-corrected chi connectivity index (χ2v) is 5.61. The SMILES string of the molecule is CC(N[C@@H](C)c1ccco1)c1ccc(Br)cc1Cl. The Kier molecular flexibility index (Phi) is 4.49. The van der Waals surface area contributed by atoms with Crippen molar-refractivity contribution in [2.75, 3.05) is 0 Å². The first kappa shape index (κ1) is 13.7. The average Bonchev–Trinajstić information content (AvgIpc) is 2.81. The van der Waals surface area contributed by atoms with Crippen LogP contribution >= 0.6 is 27.5 Å². The smallest absolute Gasteiger partial charge is 0.120 e. The van der Waals surface area contributed by atoms with Crippen molar-refractivity contribution in [3.63, 3.8) is 0 Å². The van der Waals surface area contributed by atoms with Gasteiger partial charge in [-0.1, -0.05) is 33.6 Å². The van der Waals surface area contributed by atoms with Gasteiger partial charge in [0.2, 0.25) is 0 Å². The van der Waals surface area contributed by atoms with Gasteiger partial charge in [0.1, 0.15) is 5.76 Å². The van der Waals surface area contributed by atoms with E-state index in [0.717, 1.165) is 20.8 Å². The van der Waals surface area contributed by atoms with Gasteiger partial charge in [-0.05, 0) is 43.7 Å². The third-order valence-corrected chi connectivity index (χ3v) is 3.72. The van der Waals surface area contributed by atoms with Crippen LogP contribution in [0.2, 0.25) is 5.02 Å². The lowest BCUT2D eigenvalue weighted by Gasteiger charge is -2.20. The fourth-order valence-corrected chi connectivity index (χ4v) is 2.77. The molecule has 0 aliphatic heterocycles. The summed E-state index contributed by atoms with van der Waals surface area (Å²) in [6, 6.07) is 10.1. The molecule has 0 radical (unpaired) electrons. The van der Waals surface area contributed by atoms with Crippen molar-refractivity contribution in [1.29, 1.82) is 0 Å². The summed E-state index contributed by atoms with van der Waals surface area (Å²) in [6.07, 6.45) is 1.69. The van der Waals surface area contributed by atoms with E-state index in [4.69, 9.17) is 16.0 Å². The standard InChI is InChI=1S/C14H15BrClNO/c1-9(12-6-5-11(15)8-13(12)16)17-10(2)14-4-3-7-18-14/h3-10,17H,1-2H3/t9?,10-/m0/s1. The number of hydrogen-bond acceptors (Lipinski definition) is 2. The third-order valence-electron chi connectivity index (χ3n) is 2.90. The average molecular weight is 329 g/mol. The molecule has 0 spiro atoms. The molecule has 2 aromatic rings. The van der Waals surface area contributed by atoms with Crippen molar-refractivity contribution in [1.82, 2.24) is 5.32 Å². The molecule has 2 nitrogen and oxygen atoms in total. The normalized spacial score (nSPS) is 14.4. The predicted octanol–water partition coefficient (Wildman–Crippen LogP) is 5.11. The maximum atomic E-state index is 6.24. The van der Waals surface area contributed by atoms with E-state index < -0.39 is 0 Å². The van der Waals surface area contributed by atoms with Crippen LogP contribution in [0.5, 0.6) is 0 Å². The molecule has 4 heteroatoms. The Morgan fingerprint density at radius 1 is 1.22 bits per heavy atom. The van der Waals surface area contributed by atoms with E-state index in [1.165, 1.54) is 0 Å². The zero-order chi connectivity index (χ0) is 13.1. The van der Waals surface area contributed by atoms with Gasteiger partial charge in [-0.2, -0.15) is 0 Å². The summed E-state index contributed by atoms with van der Waals surface area (Å²) in [5.41, 5.74) is 1.08. The van der Waals surface area contributed by atoms with Crippen LogP contribution < -0.4 is 5.32 Å². The van der Waals surface area contributed by atoms with E-state index in [1.54, 1.807) is 6.26 Å². The van der Waals surface area contributed by atoms with Gasteiger partial charge in [0.05, 0.1) is 12.3 Å². The molecule has 1 aromatic carbocycles. The fourth-order valence-electron chi connectivity index (χ4n) is 1.94. The molecule has 1 aromatic heterocycles. The van der Waals surface area contributed by atoms with Gasteiger partial charge < -0.3 is 9.73 Å². The molecular formula is C14H15BrClNO.